The molecule has 1 unspecified atom stereocenters. The summed E-state index contributed by atoms with van der Waals surface area (Å²) in [5, 5.41) is 10.2. The number of hydrogen-bond acceptors (Lipinski definition) is 6. The first kappa shape index (κ1) is 29.0. The van der Waals surface area contributed by atoms with Gasteiger partial charge in [-0.2, -0.15) is 17.6 Å². The Hall–Kier alpha value is -3.26. The molecule has 14 heteroatoms. The van der Waals surface area contributed by atoms with Gasteiger partial charge in [-0.15, -0.1) is 0 Å². The predicted octanol–water partition coefficient (Wildman–Crippen LogP) is 4.84. The van der Waals surface area contributed by atoms with Crippen molar-refractivity contribution in [3.05, 3.63) is 58.7 Å². The zero-order valence-electron chi connectivity index (χ0n) is 18.8. The molecule has 0 saturated carbocycles. The van der Waals surface area contributed by atoms with E-state index in [9.17, 15) is 49.8 Å². The number of halogens is 8. The van der Waals surface area contributed by atoms with E-state index in [1.54, 1.807) is 0 Å². The predicted molar refractivity (Wildman–Crippen MR) is 103 cm³/mol. The number of esters is 2. The molecule has 36 heavy (non-hydrogen) atoms. The molecule has 6 nitrogen and oxygen atoms in total. The molecule has 0 heterocycles. The van der Waals surface area contributed by atoms with Crippen LogP contribution >= 0.6 is 0 Å². The lowest BCUT2D eigenvalue weighted by atomic mass is 9.90. The topological polar surface area (TPSA) is 82.1 Å². The van der Waals surface area contributed by atoms with Gasteiger partial charge in [0.25, 0.3) is 0 Å². The second kappa shape index (κ2) is 10.8. The van der Waals surface area contributed by atoms with Gasteiger partial charge < -0.3 is 19.3 Å². The third kappa shape index (κ3) is 6.69. The highest BCUT2D eigenvalue weighted by molar-refractivity contribution is 5.78. The summed E-state index contributed by atoms with van der Waals surface area (Å²) in [6.45, 7) is 2.75. The molecule has 2 rings (SSSR count). The molecule has 0 saturated heterocycles. The van der Waals surface area contributed by atoms with Crippen molar-refractivity contribution in [2.24, 2.45) is 5.41 Å². The molecule has 0 radical (unpaired) electrons. The number of hydrogen-bond donors (Lipinski definition) is 1. The van der Waals surface area contributed by atoms with Crippen molar-refractivity contribution in [1.82, 2.24) is 0 Å². The Morgan fingerprint density at radius 3 is 1.56 bits per heavy atom. The Morgan fingerprint density at radius 2 is 1.14 bits per heavy atom. The maximum Gasteiger partial charge on any atom is 0.317 e. The van der Waals surface area contributed by atoms with Crippen LogP contribution in [0.1, 0.15) is 33.6 Å². The van der Waals surface area contributed by atoms with Crippen LogP contribution in [-0.2, 0) is 14.3 Å². The van der Waals surface area contributed by atoms with Gasteiger partial charge in [-0.05, 0) is 27.2 Å². The number of aliphatic hydroxyl groups is 1. The molecule has 0 amide bonds. The largest absolute Gasteiger partial charge is 0.420 e. The molecule has 0 spiro atoms. The van der Waals surface area contributed by atoms with Gasteiger partial charge in [0.2, 0.25) is 34.8 Å². The number of ether oxygens (including phenoxy) is 3. The minimum absolute atomic E-state index is 0.0817. The maximum atomic E-state index is 13.7. The minimum Gasteiger partial charge on any atom is -0.420 e. The average molecular weight is 530 g/mol. The van der Waals surface area contributed by atoms with Gasteiger partial charge in [-0.25, -0.2) is 17.6 Å². The highest BCUT2D eigenvalue weighted by atomic mass is 19.2. The fourth-order valence-corrected chi connectivity index (χ4v) is 2.61. The lowest BCUT2D eigenvalue weighted by Crippen LogP contribution is -2.36. The first-order valence-corrected chi connectivity index (χ1v) is 9.92. The summed E-state index contributed by atoms with van der Waals surface area (Å²) in [4.78, 5) is 24.2. The van der Waals surface area contributed by atoms with Crippen LogP contribution in [0.4, 0.5) is 35.1 Å². The summed E-state index contributed by atoms with van der Waals surface area (Å²) in [5.41, 5.74) is -1.62. The molecule has 0 aromatic heterocycles. The van der Waals surface area contributed by atoms with Crippen molar-refractivity contribution in [2.75, 3.05) is 6.61 Å². The lowest BCUT2D eigenvalue weighted by Gasteiger charge is -2.27. The van der Waals surface area contributed by atoms with Crippen molar-refractivity contribution >= 4 is 11.9 Å². The van der Waals surface area contributed by atoms with Crippen molar-refractivity contribution < 1.29 is 64.0 Å². The highest BCUT2D eigenvalue weighted by Gasteiger charge is 2.35. The van der Waals surface area contributed by atoms with E-state index in [1.165, 1.54) is 13.8 Å². The normalized spacial score (nSPS) is 13.3. The van der Waals surface area contributed by atoms with E-state index in [1.807, 2.05) is 0 Å². The number of benzene rings is 2. The summed E-state index contributed by atoms with van der Waals surface area (Å²) in [6.07, 6.45) is -1.45. The summed E-state index contributed by atoms with van der Waals surface area (Å²) >= 11 is 0. The molecule has 0 aliphatic rings. The van der Waals surface area contributed by atoms with Gasteiger partial charge in [0.05, 0.1) is 18.4 Å². The average Bonchev–Trinajstić information content (AvgIpc) is 2.76. The SMILES string of the molecule is CC(O)(CC(=O)Oc1c(F)c(F)cc(F)c1F)OCCC(C)(C)C(=O)Oc1c(F)c(F)cc(F)c1F. The van der Waals surface area contributed by atoms with Crippen LogP contribution < -0.4 is 9.47 Å². The van der Waals surface area contributed by atoms with Crippen LogP contribution in [0.25, 0.3) is 0 Å². The van der Waals surface area contributed by atoms with Gasteiger partial charge in [-0.1, -0.05) is 0 Å². The summed E-state index contributed by atoms with van der Waals surface area (Å²) in [6, 6.07) is -0.191. The first-order chi connectivity index (χ1) is 16.5. The number of rotatable bonds is 9. The molecule has 0 fully saturated rings. The fourth-order valence-electron chi connectivity index (χ4n) is 2.61. The quantitative estimate of drug-likeness (QED) is 0.164. The second-order valence-electron chi connectivity index (χ2n) is 8.29. The van der Waals surface area contributed by atoms with Crippen LogP contribution in [0.5, 0.6) is 11.5 Å². The highest BCUT2D eigenvalue weighted by Crippen LogP contribution is 2.31. The first-order valence-electron chi connectivity index (χ1n) is 9.92. The molecular formula is C22H18F8O6. The van der Waals surface area contributed by atoms with Crippen LogP contribution in [-0.4, -0.2) is 29.4 Å². The van der Waals surface area contributed by atoms with Gasteiger partial charge >= 0.3 is 11.9 Å². The molecule has 0 aliphatic heterocycles. The molecule has 1 atom stereocenters. The summed E-state index contributed by atoms with van der Waals surface area (Å²) in [5.74, 6) is -23.7. The standard InChI is InChI=1S/C22H18F8O6/c1-21(2,20(32)36-19-16(29)11(25)7-12(26)17(19)30)4-5-34-22(3,33)8-13(31)35-18-14(27)9(23)6-10(24)15(18)28/h6-7,33H,4-5,8H2,1-3H3. The Kier molecular flexibility index (Phi) is 8.68. The Morgan fingerprint density at radius 1 is 0.750 bits per heavy atom. The molecule has 1 N–H and O–H groups in total. The molecule has 2 aromatic carbocycles. The van der Waals surface area contributed by atoms with E-state index >= 15 is 0 Å². The molecule has 198 valence electrons. The third-order valence-electron chi connectivity index (χ3n) is 4.72. The van der Waals surface area contributed by atoms with E-state index in [0.29, 0.717) is 0 Å². The Bertz CT molecular complexity index is 1130. The summed E-state index contributed by atoms with van der Waals surface area (Å²) < 4.78 is 121. The van der Waals surface area contributed by atoms with Crippen LogP contribution in [0.3, 0.4) is 0 Å². The molecule has 2 aromatic rings. The molecule has 0 aliphatic carbocycles. The van der Waals surface area contributed by atoms with Crippen LogP contribution in [0.15, 0.2) is 12.1 Å². The monoisotopic (exact) mass is 530 g/mol. The number of carbonyl (C=O) groups is 2. The fraction of sp³-hybridized carbons (Fsp3) is 0.364. The van der Waals surface area contributed by atoms with Crippen molar-refractivity contribution in [2.45, 2.75) is 39.4 Å². The summed E-state index contributed by atoms with van der Waals surface area (Å²) in [7, 11) is 0. The number of carbonyl (C=O) groups excluding carboxylic acids is 2. The van der Waals surface area contributed by atoms with Gasteiger partial charge in [0.1, 0.15) is 0 Å². The van der Waals surface area contributed by atoms with Crippen LogP contribution in [0, 0.1) is 52.0 Å². The Balaban J connectivity index is 1.99. The van der Waals surface area contributed by atoms with E-state index in [-0.39, 0.29) is 18.6 Å². The van der Waals surface area contributed by atoms with Gasteiger partial charge in [0, 0.05) is 12.1 Å². The van der Waals surface area contributed by atoms with Crippen LogP contribution in [0.2, 0.25) is 0 Å². The molecule has 0 bridgehead atoms. The zero-order valence-corrected chi connectivity index (χ0v) is 18.8. The van der Waals surface area contributed by atoms with E-state index < -0.39 is 94.2 Å². The van der Waals surface area contributed by atoms with E-state index in [0.717, 1.165) is 6.92 Å². The lowest BCUT2D eigenvalue weighted by molar-refractivity contribution is -0.203. The van der Waals surface area contributed by atoms with Crippen molar-refractivity contribution in [3.8, 4) is 11.5 Å². The maximum absolute atomic E-state index is 13.7. The van der Waals surface area contributed by atoms with Crippen molar-refractivity contribution in [1.29, 1.82) is 0 Å². The minimum atomic E-state index is -2.39. The van der Waals surface area contributed by atoms with Crippen molar-refractivity contribution in [3.63, 3.8) is 0 Å². The zero-order chi connectivity index (χ0) is 27.6. The van der Waals surface area contributed by atoms with Gasteiger partial charge in [-0.3, -0.25) is 9.59 Å². The Labute approximate surface area is 198 Å². The molecular weight excluding hydrogens is 512 g/mol. The van der Waals surface area contributed by atoms with E-state index in [4.69, 9.17) is 4.74 Å². The second-order valence-corrected chi connectivity index (χ2v) is 8.29. The third-order valence-corrected chi connectivity index (χ3v) is 4.72. The van der Waals surface area contributed by atoms with Gasteiger partial charge in [0.15, 0.2) is 29.1 Å². The van der Waals surface area contributed by atoms with E-state index in [2.05, 4.69) is 9.47 Å². The smallest absolute Gasteiger partial charge is 0.317 e.